The summed E-state index contributed by atoms with van der Waals surface area (Å²) in [6.07, 6.45) is 2.57. The van der Waals surface area contributed by atoms with Gasteiger partial charge in [0.05, 0.1) is 5.69 Å². The molecular formula is C15H14ClN3. The molecule has 0 saturated carbocycles. The van der Waals surface area contributed by atoms with Crippen LogP contribution in [0.1, 0.15) is 16.8 Å². The van der Waals surface area contributed by atoms with Gasteiger partial charge in [0.15, 0.2) is 0 Å². The molecule has 2 N–H and O–H groups in total. The van der Waals surface area contributed by atoms with Crippen LogP contribution in [-0.4, -0.2) is 9.38 Å². The smallest absolute Gasteiger partial charge is 0.140 e. The van der Waals surface area contributed by atoms with E-state index in [1.807, 2.05) is 22.7 Å². The van der Waals surface area contributed by atoms with E-state index in [1.165, 1.54) is 11.1 Å². The van der Waals surface area contributed by atoms with Gasteiger partial charge < -0.3 is 5.73 Å². The number of pyridine rings is 1. The first-order valence-electron chi connectivity index (χ1n) is 6.11. The molecule has 3 nitrogen and oxygen atoms in total. The van der Waals surface area contributed by atoms with Crippen molar-refractivity contribution in [2.45, 2.75) is 13.3 Å². The van der Waals surface area contributed by atoms with Crippen molar-refractivity contribution < 1.29 is 0 Å². The summed E-state index contributed by atoms with van der Waals surface area (Å²) in [4.78, 5) is 4.54. The van der Waals surface area contributed by atoms with Crippen LogP contribution >= 0.6 is 11.6 Å². The fourth-order valence-corrected chi connectivity index (χ4v) is 2.27. The molecule has 4 heteroatoms. The number of nitrogen functional groups attached to an aromatic ring is 1. The molecule has 0 aliphatic rings. The predicted octanol–water partition coefficient (Wildman–Crippen LogP) is 3.47. The van der Waals surface area contributed by atoms with E-state index in [1.54, 1.807) is 0 Å². The lowest BCUT2D eigenvalue weighted by atomic mass is 10.1. The fourth-order valence-electron chi connectivity index (χ4n) is 2.12. The summed E-state index contributed by atoms with van der Waals surface area (Å²) in [5.74, 6) is 0.673. The number of rotatable bonds is 2. The SMILES string of the molecule is Cc1ccc(Cc2nc3cc(Cl)ccn3c2N)cc1. The monoisotopic (exact) mass is 271 g/mol. The zero-order valence-corrected chi connectivity index (χ0v) is 11.4. The molecule has 19 heavy (non-hydrogen) atoms. The van der Waals surface area contributed by atoms with Gasteiger partial charge in [0.25, 0.3) is 0 Å². The van der Waals surface area contributed by atoms with Gasteiger partial charge in [0, 0.05) is 23.7 Å². The number of hydrogen-bond acceptors (Lipinski definition) is 2. The molecule has 3 aromatic rings. The fraction of sp³-hybridized carbons (Fsp3) is 0.133. The second-order valence-corrected chi connectivity index (χ2v) is 5.12. The molecule has 0 aliphatic heterocycles. The first kappa shape index (κ1) is 12.1. The minimum Gasteiger partial charge on any atom is -0.383 e. The molecule has 0 bridgehead atoms. The van der Waals surface area contributed by atoms with Crippen molar-refractivity contribution in [3.05, 3.63) is 64.4 Å². The highest BCUT2D eigenvalue weighted by molar-refractivity contribution is 6.30. The van der Waals surface area contributed by atoms with E-state index >= 15 is 0 Å². The maximum absolute atomic E-state index is 6.12. The highest BCUT2D eigenvalue weighted by Gasteiger charge is 2.09. The molecule has 0 fully saturated rings. The second-order valence-electron chi connectivity index (χ2n) is 4.68. The molecule has 2 aromatic heterocycles. The maximum Gasteiger partial charge on any atom is 0.140 e. The molecule has 0 aliphatic carbocycles. The van der Waals surface area contributed by atoms with E-state index in [2.05, 4.69) is 36.2 Å². The molecule has 96 valence electrons. The average Bonchev–Trinajstić information content (AvgIpc) is 2.68. The summed E-state index contributed by atoms with van der Waals surface area (Å²) in [5.41, 5.74) is 10.2. The maximum atomic E-state index is 6.12. The van der Waals surface area contributed by atoms with Crippen molar-refractivity contribution >= 4 is 23.1 Å². The topological polar surface area (TPSA) is 43.3 Å². The Morgan fingerprint density at radius 1 is 1.21 bits per heavy atom. The molecule has 0 unspecified atom stereocenters. The van der Waals surface area contributed by atoms with Crippen LogP contribution in [0.2, 0.25) is 5.02 Å². The quantitative estimate of drug-likeness (QED) is 0.776. The first-order chi connectivity index (χ1) is 9.13. The Hall–Kier alpha value is -2.00. The normalized spacial score (nSPS) is 11.1. The number of nitrogens with two attached hydrogens (primary N) is 1. The Labute approximate surface area is 116 Å². The Morgan fingerprint density at radius 3 is 2.68 bits per heavy atom. The third-order valence-electron chi connectivity index (χ3n) is 3.19. The number of aryl methyl sites for hydroxylation is 1. The van der Waals surface area contributed by atoms with Crippen LogP contribution in [-0.2, 0) is 6.42 Å². The summed E-state index contributed by atoms with van der Waals surface area (Å²) in [7, 11) is 0. The van der Waals surface area contributed by atoms with Gasteiger partial charge in [-0.05, 0) is 18.6 Å². The van der Waals surface area contributed by atoms with Crippen molar-refractivity contribution in [1.82, 2.24) is 9.38 Å². The molecule has 2 heterocycles. The molecule has 0 atom stereocenters. The van der Waals surface area contributed by atoms with Crippen LogP contribution < -0.4 is 5.73 Å². The van der Waals surface area contributed by atoms with Crippen LogP contribution in [0.5, 0.6) is 0 Å². The van der Waals surface area contributed by atoms with Crippen molar-refractivity contribution in [3.8, 4) is 0 Å². The third-order valence-corrected chi connectivity index (χ3v) is 3.43. The van der Waals surface area contributed by atoms with E-state index in [4.69, 9.17) is 17.3 Å². The van der Waals surface area contributed by atoms with Gasteiger partial charge in [-0.1, -0.05) is 41.4 Å². The first-order valence-corrected chi connectivity index (χ1v) is 6.49. The lowest BCUT2D eigenvalue weighted by molar-refractivity contribution is 1.12. The van der Waals surface area contributed by atoms with Crippen molar-refractivity contribution in [2.75, 3.05) is 5.73 Å². The minimum atomic E-state index is 0.666. The van der Waals surface area contributed by atoms with E-state index in [9.17, 15) is 0 Å². The van der Waals surface area contributed by atoms with Crippen LogP contribution in [0.25, 0.3) is 5.65 Å². The predicted molar refractivity (Wildman–Crippen MR) is 78.6 cm³/mol. The van der Waals surface area contributed by atoms with Gasteiger partial charge >= 0.3 is 0 Å². The number of nitrogens with zero attached hydrogens (tertiary/aromatic N) is 2. The second kappa shape index (κ2) is 4.59. The highest BCUT2D eigenvalue weighted by Crippen LogP contribution is 2.21. The summed E-state index contributed by atoms with van der Waals surface area (Å²) >= 11 is 5.96. The number of halogens is 1. The standard InChI is InChI=1S/C15H14ClN3/c1-10-2-4-11(5-3-10)8-13-15(17)19-7-6-12(16)9-14(19)18-13/h2-7,9H,8,17H2,1H3. The summed E-state index contributed by atoms with van der Waals surface area (Å²) < 4.78 is 1.86. The Morgan fingerprint density at radius 2 is 1.95 bits per heavy atom. The third kappa shape index (κ3) is 2.29. The molecule has 3 rings (SSSR count). The van der Waals surface area contributed by atoms with Crippen LogP contribution in [0, 0.1) is 6.92 Å². The number of benzene rings is 1. The average molecular weight is 272 g/mol. The number of hydrogen-bond donors (Lipinski definition) is 1. The summed E-state index contributed by atoms with van der Waals surface area (Å²) in [6.45, 7) is 2.07. The highest BCUT2D eigenvalue weighted by atomic mass is 35.5. The number of imidazole rings is 1. The Balaban J connectivity index is 2.01. The lowest BCUT2D eigenvalue weighted by Gasteiger charge is -2.01. The molecule has 0 radical (unpaired) electrons. The van der Waals surface area contributed by atoms with Gasteiger partial charge in [-0.3, -0.25) is 4.40 Å². The zero-order chi connectivity index (χ0) is 13.4. The van der Waals surface area contributed by atoms with E-state index < -0.39 is 0 Å². The van der Waals surface area contributed by atoms with Crippen molar-refractivity contribution in [2.24, 2.45) is 0 Å². The summed E-state index contributed by atoms with van der Waals surface area (Å²) in [6, 6.07) is 12.0. The van der Waals surface area contributed by atoms with Crippen molar-refractivity contribution in [3.63, 3.8) is 0 Å². The molecule has 0 spiro atoms. The van der Waals surface area contributed by atoms with Crippen LogP contribution in [0.15, 0.2) is 42.6 Å². The molecular weight excluding hydrogens is 258 g/mol. The van der Waals surface area contributed by atoms with Gasteiger partial charge in [0.1, 0.15) is 11.5 Å². The molecule has 0 saturated heterocycles. The number of anilines is 1. The van der Waals surface area contributed by atoms with Gasteiger partial charge in [0.2, 0.25) is 0 Å². The zero-order valence-electron chi connectivity index (χ0n) is 10.6. The van der Waals surface area contributed by atoms with E-state index in [-0.39, 0.29) is 0 Å². The molecule has 1 aromatic carbocycles. The van der Waals surface area contributed by atoms with Gasteiger partial charge in [-0.15, -0.1) is 0 Å². The minimum absolute atomic E-state index is 0.666. The Bertz CT molecular complexity index is 729. The van der Waals surface area contributed by atoms with Gasteiger partial charge in [-0.25, -0.2) is 4.98 Å². The van der Waals surface area contributed by atoms with E-state index in [0.717, 1.165) is 17.8 Å². The molecule has 0 amide bonds. The summed E-state index contributed by atoms with van der Waals surface area (Å²) in [5, 5.41) is 0.666. The van der Waals surface area contributed by atoms with Gasteiger partial charge in [-0.2, -0.15) is 0 Å². The Kier molecular flexibility index (Phi) is 2.91. The lowest BCUT2D eigenvalue weighted by Crippen LogP contribution is -1.97. The van der Waals surface area contributed by atoms with Crippen molar-refractivity contribution in [1.29, 1.82) is 0 Å². The van der Waals surface area contributed by atoms with Crippen LogP contribution in [0.3, 0.4) is 0 Å². The van der Waals surface area contributed by atoms with E-state index in [0.29, 0.717) is 10.8 Å². The largest absolute Gasteiger partial charge is 0.383 e. The number of aromatic nitrogens is 2. The van der Waals surface area contributed by atoms with Crippen LogP contribution in [0.4, 0.5) is 5.82 Å². The number of fused-ring (bicyclic) bond motifs is 1.